The molecule has 7 heteroatoms. The zero-order valence-corrected chi connectivity index (χ0v) is 16.2. The molecule has 3 N–H and O–H groups in total. The molecule has 3 amide bonds. The highest BCUT2D eigenvalue weighted by Gasteiger charge is 2.18. The molecule has 2 rings (SSSR count). The maximum atomic E-state index is 12.5. The normalized spacial score (nSPS) is 11.2. The molecule has 0 aliphatic heterocycles. The number of hydrogen-bond acceptors (Lipinski definition) is 4. The number of anilines is 1. The molecule has 0 radical (unpaired) electrons. The maximum Gasteiger partial charge on any atom is 0.251 e. The molecule has 2 aromatic carbocycles. The second-order valence-corrected chi connectivity index (χ2v) is 6.22. The van der Waals surface area contributed by atoms with Crippen molar-refractivity contribution in [2.75, 3.05) is 19.0 Å². The summed E-state index contributed by atoms with van der Waals surface area (Å²) in [6, 6.07) is 13.4. The molecule has 0 heterocycles. The van der Waals surface area contributed by atoms with Crippen molar-refractivity contribution in [2.45, 2.75) is 26.3 Å². The first-order valence-corrected chi connectivity index (χ1v) is 9.02. The number of carbonyl (C=O) groups excluding carboxylic acids is 3. The summed E-state index contributed by atoms with van der Waals surface area (Å²) in [6.07, 6.45) is 0.0529. The molecule has 0 aliphatic rings. The lowest BCUT2D eigenvalue weighted by Gasteiger charge is -2.18. The number of methoxy groups -OCH3 is 1. The van der Waals surface area contributed by atoms with Crippen molar-refractivity contribution < 1.29 is 19.1 Å². The van der Waals surface area contributed by atoms with Gasteiger partial charge in [-0.1, -0.05) is 18.2 Å². The summed E-state index contributed by atoms with van der Waals surface area (Å²) < 4.78 is 5.14. The van der Waals surface area contributed by atoms with Crippen LogP contribution in [0.2, 0.25) is 0 Å². The van der Waals surface area contributed by atoms with Gasteiger partial charge in [0.15, 0.2) is 0 Å². The van der Waals surface area contributed by atoms with Crippen LogP contribution in [0.3, 0.4) is 0 Å². The van der Waals surface area contributed by atoms with Gasteiger partial charge in [0.25, 0.3) is 5.91 Å². The zero-order chi connectivity index (χ0) is 20.5. The molecule has 0 saturated carbocycles. The molecular formula is C21H25N3O4. The molecule has 0 bridgehead atoms. The van der Waals surface area contributed by atoms with E-state index in [-0.39, 0.29) is 24.1 Å². The molecule has 7 nitrogen and oxygen atoms in total. The standard InChI is InChI=1S/C21H25N3O4/c1-4-22-21(27)16-6-5-7-17(12-16)24-20(26)13-19(23-14(2)25)15-8-10-18(28-3)11-9-15/h5-12,19H,4,13H2,1-3H3,(H,22,27)(H,23,25)(H,24,26). The van der Waals surface area contributed by atoms with Crippen LogP contribution >= 0.6 is 0 Å². The predicted octanol–water partition coefficient (Wildman–Crippen LogP) is 2.65. The Labute approximate surface area is 164 Å². The van der Waals surface area contributed by atoms with E-state index in [2.05, 4.69) is 16.0 Å². The predicted molar refractivity (Wildman–Crippen MR) is 107 cm³/mol. The van der Waals surface area contributed by atoms with E-state index in [0.29, 0.717) is 23.5 Å². The molecule has 148 valence electrons. The number of carbonyl (C=O) groups is 3. The quantitative estimate of drug-likeness (QED) is 0.653. The third-order valence-corrected chi connectivity index (χ3v) is 4.03. The van der Waals surface area contributed by atoms with E-state index >= 15 is 0 Å². The molecule has 28 heavy (non-hydrogen) atoms. The summed E-state index contributed by atoms with van der Waals surface area (Å²) in [4.78, 5) is 36.0. The van der Waals surface area contributed by atoms with Crippen molar-refractivity contribution in [2.24, 2.45) is 0 Å². The molecule has 0 fully saturated rings. The van der Waals surface area contributed by atoms with E-state index in [0.717, 1.165) is 5.56 Å². The summed E-state index contributed by atoms with van der Waals surface area (Å²) in [5.74, 6) is -0.0145. The average molecular weight is 383 g/mol. The number of rotatable bonds is 8. The van der Waals surface area contributed by atoms with Crippen LogP contribution in [0, 0.1) is 0 Å². The van der Waals surface area contributed by atoms with E-state index in [4.69, 9.17) is 4.74 Å². The van der Waals surface area contributed by atoms with Gasteiger partial charge in [-0.3, -0.25) is 14.4 Å². The van der Waals surface area contributed by atoms with Gasteiger partial charge >= 0.3 is 0 Å². The van der Waals surface area contributed by atoms with E-state index in [1.54, 1.807) is 43.5 Å². The van der Waals surface area contributed by atoms with Crippen LogP contribution in [0.4, 0.5) is 5.69 Å². The minimum atomic E-state index is -0.477. The van der Waals surface area contributed by atoms with E-state index in [1.165, 1.54) is 6.92 Å². The van der Waals surface area contributed by atoms with Gasteiger partial charge in [0.1, 0.15) is 5.75 Å². The third-order valence-electron chi connectivity index (χ3n) is 4.03. The second-order valence-electron chi connectivity index (χ2n) is 6.22. The van der Waals surface area contributed by atoms with Gasteiger partial charge in [-0.15, -0.1) is 0 Å². The summed E-state index contributed by atoms with van der Waals surface area (Å²) in [5, 5.41) is 8.29. The first-order chi connectivity index (χ1) is 13.4. The van der Waals surface area contributed by atoms with Crippen molar-refractivity contribution in [3.8, 4) is 5.75 Å². The van der Waals surface area contributed by atoms with Crippen molar-refractivity contribution in [3.05, 3.63) is 59.7 Å². The summed E-state index contributed by atoms with van der Waals surface area (Å²) in [7, 11) is 1.57. The number of amides is 3. The number of nitrogens with one attached hydrogen (secondary N) is 3. The van der Waals surface area contributed by atoms with Crippen molar-refractivity contribution in [1.82, 2.24) is 10.6 Å². The smallest absolute Gasteiger partial charge is 0.251 e. The Balaban J connectivity index is 2.09. The lowest BCUT2D eigenvalue weighted by Crippen LogP contribution is -2.29. The molecule has 1 atom stereocenters. The molecule has 0 aromatic heterocycles. The van der Waals surface area contributed by atoms with Gasteiger partial charge in [-0.2, -0.15) is 0 Å². The van der Waals surface area contributed by atoms with Gasteiger partial charge in [-0.05, 0) is 42.8 Å². The van der Waals surface area contributed by atoms with Gasteiger partial charge in [-0.25, -0.2) is 0 Å². The Hall–Kier alpha value is -3.35. The Kier molecular flexibility index (Phi) is 7.56. The first-order valence-electron chi connectivity index (χ1n) is 9.02. The van der Waals surface area contributed by atoms with Crippen molar-refractivity contribution >= 4 is 23.4 Å². The van der Waals surface area contributed by atoms with Crippen LogP contribution in [0.25, 0.3) is 0 Å². The Bertz CT molecular complexity index is 834. The summed E-state index contributed by atoms with van der Waals surface area (Å²) in [6.45, 7) is 3.77. The number of ether oxygens (including phenoxy) is 1. The largest absolute Gasteiger partial charge is 0.497 e. The monoisotopic (exact) mass is 383 g/mol. The van der Waals surface area contributed by atoms with Gasteiger partial charge in [0, 0.05) is 24.7 Å². The topological polar surface area (TPSA) is 96.5 Å². The van der Waals surface area contributed by atoms with E-state index in [1.807, 2.05) is 19.1 Å². The van der Waals surface area contributed by atoms with Crippen LogP contribution in [0.5, 0.6) is 5.75 Å². The van der Waals surface area contributed by atoms with Crippen LogP contribution in [-0.4, -0.2) is 31.4 Å². The molecule has 2 aromatic rings. The van der Waals surface area contributed by atoms with Crippen molar-refractivity contribution in [1.29, 1.82) is 0 Å². The SMILES string of the molecule is CCNC(=O)c1cccc(NC(=O)CC(NC(C)=O)c2ccc(OC)cc2)c1. The molecule has 0 saturated heterocycles. The fourth-order valence-electron chi connectivity index (χ4n) is 2.73. The molecular weight excluding hydrogens is 358 g/mol. The third kappa shape index (κ3) is 6.12. The van der Waals surface area contributed by atoms with Gasteiger partial charge in [0.05, 0.1) is 19.6 Å². The van der Waals surface area contributed by atoms with Crippen LogP contribution in [0.1, 0.15) is 42.2 Å². The molecule has 0 aliphatic carbocycles. The molecule has 0 spiro atoms. The van der Waals surface area contributed by atoms with E-state index in [9.17, 15) is 14.4 Å². The number of hydrogen-bond donors (Lipinski definition) is 3. The van der Waals surface area contributed by atoms with Crippen LogP contribution in [0.15, 0.2) is 48.5 Å². The Morgan fingerprint density at radius 1 is 1.07 bits per heavy atom. The first kappa shape index (κ1) is 21.0. The Morgan fingerprint density at radius 2 is 1.79 bits per heavy atom. The molecule has 1 unspecified atom stereocenters. The van der Waals surface area contributed by atoms with Gasteiger partial charge < -0.3 is 20.7 Å². The fraction of sp³-hybridized carbons (Fsp3) is 0.286. The maximum absolute atomic E-state index is 12.5. The van der Waals surface area contributed by atoms with E-state index < -0.39 is 6.04 Å². The number of benzene rings is 2. The van der Waals surface area contributed by atoms with Gasteiger partial charge in [0.2, 0.25) is 11.8 Å². The highest BCUT2D eigenvalue weighted by molar-refractivity contribution is 5.97. The van der Waals surface area contributed by atoms with Crippen LogP contribution < -0.4 is 20.7 Å². The lowest BCUT2D eigenvalue weighted by molar-refractivity contribution is -0.120. The minimum Gasteiger partial charge on any atom is -0.497 e. The van der Waals surface area contributed by atoms with Crippen molar-refractivity contribution in [3.63, 3.8) is 0 Å². The average Bonchev–Trinajstić information content (AvgIpc) is 2.67. The fourth-order valence-corrected chi connectivity index (χ4v) is 2.73. The Morgan fingerprint density at radius 3 is 2.39 bits per heavy atom. The zero-order valence-electron chi connectivity index (χ0n) is 16.2. The lowest BCUT2D eigenvalue weighted by atomic mass is 10.0. The second kappa shape index (κ2) is 10.1. The highest BCUT2D eigenvalue weighted by atomic mass is 16.5. The minimum absolute atomic E-state index is 0.0529. The summed E-state index contributed by atoms with van der Waals surface area (Å²) in [5.41, 5.74) is 1.78. The van der Waals surface area contributed by atoms with Crippen LogP contribution in [-0.2, 0) is 9.59 Å². The summed E-state index contributed by atoms with van der Waals surface area (Å²) >= 11 is 0. The highest BCUT2D eigenvalue weighted by Crippen LogP contribution is 2.21.